The van der Waals surface area contributed by atoms with Crippen LogP contribution in [0.1, 0.15) is 22.3 Å². The number of hydrazone groups is 1. The molecule has 0 radical (unpaired) electrons. The number of nitrogens with zero attached hydrogens (tertiary/aromatic N) is 1. The summed E-state index contributed by atoms with van der Waals surface area (Å²) in [7, 11) is 0. The Bertz CT molecular complexity index is 1190. The highest BCUT2D eigenvalue weighted by Gasteiger charge is 2.12. The number of ether oxygens (including phenoxy) is 1. The highest BCUT2D eigenvalue weighted by atomic mass is 16.5. The Morgan fingerprint density at radius 1 is 0.912 bits per heavy atom. The van der Waals surface area contributed by atoms with Crippen molar-refractivity contribution in [3.05, 3.63) is 95.1 Å². The van der Waals surface area contributed by atoms with Crippen LogP contribution in [0.5, 0.6) is 5.75 Å². The molecule has 0 saturated carbocycles. The predicted octanol–water partition coefficient (Wildman–Crippen LogP) is 3.09. The molecule has 0 bridgehead atoms. The maximum absolute atomic E-state index is 12.3. The van der Waals surface area contributed by atoms with Crippen molar-refractivity contribution in [3.8, 4) is 5.75 Å². The van der Waals surface area contributed by atoms with Crippen molar-refractivity contribution in [1.82, 2.24) is 10.7 Å². The summed E-state index contributed by atoms with van der Waals surface area (Å²) in [4.78, 5) is 36.2. The predicted molar refractivity (Wildman–Crippen MR) is 131 cm³/mol. The van der Waals surface area contributed by atoms with Gasteiger partial charge in [-0.25, -0.2) is 5.43 Å². The average Bonchev–Trinajstić information content (AvgIpc) is 2.84. The van der Waals surface area contributed by atoms with E-state index in [2.05, 4.69) is 21.2 Å². The summed E-state index contributed by atoms with van der Waals surface area (Å²) >= 11 is 0. The molecule has 0 aromatic heterocycles. The van der Waals surface area contributed by atoms with Gasteiger partial charge in [0.2, 0.25) is 0 Å². The molecule has 34 heavy (non-hydrogen) atoms. The largest absolute Gasteiger partial charge is 0.483 e. The Hall–Kier alpha value is -4.46. The van der Waals surface area contributed by atoms with Crippen molar-refractivity contribution < 1.29 is 19.1 Å². The number of nitrogens with one attached hydrogen (secondary N) is 3. The van der Waals surface area contributed by atoms with Crippen molar-refractivity contribution in [2.24, 2.45) is 5.10 Å². The second-order valence-corrected chi connectivity index (χ2v) is 7.56. The lowest BCUT2D eigenvalue weighted by Crippen LogP contribution is -2.37. The topological polar surface area (TPSA) is 109 Å². The Morgan fingerprint density at radius 2 is 1.65 bits per heavy atom. The van der Waals surface area contributed by atoms with E-state index in [0.29, 0.717) is 11.3 Å². The fourth-order valence-electron chi connectivity index (χ4n) is 2.99. The van der Waals surface area contributed by atoms with Crippen LogP contribution >= 0.6 is 0 Å². The van der Waals surface area contributed by atoms with E-state index in [1.165, 1.54) is 6.21 Å². The van der Waals surface area contributed by atoms with Crippen LogP contribution in [0.4, 0.5) is 5.69 Å². The molecule has 0 aliphatic rings. The highest BCUT2D eigenvalue weighted by molar-refractivity contribution is 6.35. The molecule has 0 fully saturated rings. The summed E-state index contributed by atoms with van der Waals surface area (Å²) in [5.41, 5.74) is 6.32. The lowest BCUT2D eigenvalue weighted by atomic mass is 10.1. The van der Waals surface area contributed by atoms with Crippen LogP contribution in [0.15, 0.2) is 77.9 Å². The van der Waals surface area contributed by atoms with Crippen LogP contribution in [0, 0.1) is 13.8 Å². The zero-order valence-corrected chi connectivity index (χ0v) is 19.0. The van der Waals surface area contributed by atoms with Crippen molar-refractivity contribution in [1.29, 1.82) is 0 Å². The zero-order valence-electron chi connectivity index (χ0n) is 19.0. The number of para-hydroxylation sites is 1. The molecule has 0 atom stereocenters. The lowest BCUT2D eigenvalue weighted by Gasteiger charge is -2.11. The molecule has 3 N–H and O–H groups in total. The number of hydrogen-bond acceptors (Lipinski definition) is 5. The molecule has 3 rings (SSSR count). The van der Waals surface area contributed by atoms with Gasteiger partial charge in [-0.3, -0.25) is 14.4 Å². The van der Waals surface area contributed by atoms with Gasteiger partial charge in [0.1, 0.15) is 5.75 Å². The van der Waals surface area contributed by atoms with Crippen molar-refractivity contribution in [2.75, 3.05) is 11.9 Å². The zero-order chi connectivity index (χ0) is 24.3. The van der Waals surface area contributed by atoms with E-state index in [-0.39, 0.29) is 19.1 Å². The Balaban J connectivity index is 1.51. The average molecular weight is 459 g/mol. The number of benzene rings is 3. The maximum atomic E-state index is 12.3. The third-order valence-electron chi connectivity index (χ3n) is 4.82. The first-order chi connectivity index (χ1) is 16.4. The second-order valence-electron chi connectivity index (χ2n) is 7.56. The molecule has 0 aliphatic heterocycles. The van der Waals surface area contributed by atoms with Crippen LogP contribution in [0.2, 0.25) is 0 Å². The third kappa shape index (κ3) is 7.30. The second kappa shape index (κ2) is 12.0. The van der Waals surface area contributed by atoms with E-state index in [1.54, 1.807) is 24.3 Å². The van der Waals surface area contributed by atoms with Crippen molar-refractivity contribution in [3.63, 3.8) is 0 Å². The van der Waals surface area contributed by atoms with Crippen LogP contribution in [0.3, 0.4) is 0 Å². The minimum Gasteiger partial charge on any atom is -0.483 e. The molecule has 0 unspecified atom stereocenters. The smallest absolute Gasteiger partial charge is 0.329 e. The van der Waals surface area contributed by atoms with E-state index in [1.807, 2.05) is 62.4 Å². The normalized spacial score (nSPS) is 10.5. The summed E-state index contributed by atoms with van der Waals surface area (Å²) in [6.07, 6.45) is 1.35. The Morgan fingerprint density at radius 3 is 2.44 bits per heavy atom. The van der Waals surface area contributed by atoms with Gasteiger partial charge >= 0.3 is 11.8 Å². The minimum atomic E-state index is -0.890. The molecule has 0 spiro atoms. The lowest BCUT2D eigenvalue weighted by molar-refractivity contribution is -0.139. The molecule has 8 nitrogen and oxygen atoms in total. The summed E-state index contributed by atoms with van der Waals surface area (Å²) < 4.78 is 5.64. The quantitative estimate of drug-likeness (QED) is 0.274. The SMILES string of the molecule is Cc1ccc(C)c(NC(=O)COc2ccccc2C=NNC(=O)C(=O)NCc2ccccc2)c1. The van der Waals surface area contributed by atoms with Crippen LogP contribution in [0.25, 0.3) is 0 Å². The van der Waals surface area contributed by atoms with Crippen LogP contribution in [-0.2, 0) is 20.9 Å². The molecule has 3 aromatic rings. The number of anilines is 1. The van der Waals surface area contributed by atoms with Crippen molar-refractivity contribution >= 4 is 29.6 Å². The van der Waals surface area contributed by atoms with Gasteiger partial charge in [-0.15, -0.1) is 0 Å². The van der Waals surface area contributed by atoms with Gasteiger partial charge in [0.05, 0.1) is 6.21 Å². The highest BCUT2D eigenvalue weighted by Crippen LogP contribution is 2.18. The van der Waals surface area contributed by atoms with Gasteiger partial charge in [-0.1, -0.05) is 54.6 Å². The molecule has 0 saturated heterocycles. The standard InChI is InChI=1S/C26H26N4O4/c1-18-12-13-19(2)22(14-18)29-24(31)17-34-23-11-7-6-10-21(23)16-28-30-26(33)25(32)27-15-20-8-4-3-5-9-20/h3-14,16H,15,17H2,1-2H3,(H,27,32)(H,29,31)(H,30,33). The minimum absolute atomic E-state index is 0.202. The molecule has 0 aliphatic carbocycles. The molecule has 0 heterocycles. The monoisotopic (exact) mass is 458 g/mol. The first-order valence-corrected chi connectivity index (χ1v) is 10.7. The van der Waals surface area contributed by atoms with Gasteiger partial charge in [0.25, 0.3) is 5.91 Å². The van der Waals surface area contributed by atoms with E-state index in [0.717, 1.165) is 22.4 Å². The Labute approximate surface area is 198 Å². The van der Waals surface area contributed by atoms with E-state index in [4.69, 9.17) is 4.74 Å². The molecule has 8 heteroatoms. The maximum Gasteiger partial charge on any atom is 0.329 e. The summed E-state index contributed by atoms with van der Waals surface area (Å²) in [6, 6.07) is 22.0. The van der Waals surface area contributed by atoms with E-state index in [9.17, 15) is 14.4 Å². The number of rotatable bonds is 8. The van der Waals surface area contributed by atoms with Gasteiger partial charge < -0.3 is 15.4 Å². The number of amides is 3. The van der Waals surface area contributed by atoms with E-state index >= 15 is 0 Å². The third-order valence-corrected chi connectivity index (χ3v) is 4.82. The molecule has 174 valence electrons. The number of carbonyl (C=O) groups excluding carboxylic acids is 3. The number of carbonyl (C=O) groups is 3. The summed E-state index contributed by atoms with van der Waals surface area (Å²) in [5.74, 6) is -1.58. The first kappa shape index (κ1) is 24.2. The fraction of sp³-hybridized carbons (Fsp3) is 0.154. The molecular weight excluding hydrogens is 432 g/mol. The molecule has 3 amide bonds. The Kier molecular flexibility index (Phi) is 8.51. The van der Waals surface area contributed by atoms with Gasteiger partial charge in [0, 0.05) is 17.8 Å². The summed E-state index contributed by atoms with van der Waals surface area (Å²) in [5, 5.41) is 9.19. The number of hydrogen-bond donors (Lipinski definition) is 3. The van der Waals surface area contributed by atoms with Gasteiger partial charge in [0.15, 0.2) is 6.61 Å². The fourth-order valence-corrected chi connectivity index (χ4v) is 2.99. The van der Waals surface area contributed by atoms with Crippen molar-refractivity contribution in [2.45, 2.75) is 20.4 Å². The van der Waals surface area contributed by atoms with E-state index < -0.39 is 11.8 Å². The summed E-state index contributed by atoms with van der Waals surface area (Å²) in [6.45, 7) is 3.90. The van der Waals surface area contributed by atoms with Crippen LogP contribution < -0.4 is 20.8 Å². The molecule has 3 aromatic carbocycles. The van der Waals surface area contributed by atoms with Gasteiger partial charge in [-0.05, 0) is 48.7 Å². The van der Waals surface area contributed by atoms with Crippen LogP contribution in [-0.4, -0.2) is 30.5 Å². The van der Waals surface area contributed by atoms with Gasteiger partial charge in [-0.2, -0.15) is 5.10 Å². The molecular formula is C26H26N4O4. The number of aryl methyl sites for hydroxylation is 2. The first-order valence-electron chi connectivity index (χ1n) is 10.7.